The van der Waals surface area contributed by atoms with Gasteiger partial charge in [0.15, 0.2) is 5.82 Å². The quantitative estimate of drug-likeness (QED) is 0.897. The van der Waals surface area contributed by atoms with Gasteiger partial charge < -0.3 is 0 Å². The summed E-state index contributed by atoms with van der Waals surface area (Å²) in [5.41, 5.74) is 0.864. The first-order chi connectivity index (χ1) is 10.0. The van der Waals surface area contributed by atoms with Crippen molar-refractivity contribution in [3.8, 4) is 11.4 Å². The summed E-state index contributed by atoms with van der Waals surface area (Å²) in [5, 5.41) is 6.95. The lowest BCUT2D eigenvalue weighted by molar-refractivity contribution is -0.183. The van der Waals surface area contributed by atoms with Crippen LogP contribution in [0.3, 0.4) is 0 Å². The highest BCUT2D eigenvalue weighted by Crippen LogP contribution is 2.42. The lowest BCUT2D eigenvalue weighted by Crippen LogP contribution is -2.28. The third-order valence-corrected chi connectivity index (χ3v) is 4.06. The number of benzene rings is 1. The Bertz CT molecular complexity index is 592. The van der Waals surface area contributed by atoms with Gasteiger partial charge in [-0.2, -0.15) is 18.3 Å². The van der Waals surface area contributed by atoms with Crippen LogP contribution in [0, 0.1) is 5.92 Å². The Balaban J connectivity index is 1.77. The number of halogens is 3. The number of aromatic amines is 1. The lowest BCUT2D eigenvalue weighted by Gasteiger charge is -2.29. The molecule has 3 nitrogen and oxygen atoms in total. The number of hydrogen-bond acceptors (Lipinski definition) is 2. The van der Waals surface area contributed by atoms with Crippen molar-refractivity contribution in [3.05, 3.63) is 36.2 Å². The summed E-state index contributed by atoms with van der Waals surface area (Å²) in [6.07, 6.45) is -2.47. The molecule has 1 N–H and O–H groups in total. The lowest BCUT2D eigenvalue weighted by atomic mass is 9.80. The van der Waals surface area contributed by atoms with Crippen LogP contribution in [0.1, 0.15) is 37.4 Å². The number of nitrogens with zero attached hydrogens (tertiary/aromatic N) is 2. The van der Waals surface area contributed by atoms with Crippen molar-refractivity contribution in [2.45, 2.75) is 37.8 Å². The second kappa shape index (κ2) is 5.50. The van der Waals surface area contributed by atoms with Crippen LogP contribution in [0.25, 0.3) is 11.4 Å². The fraction of sp³-hybridized carbons (Fsp3) is 0.467. The van der Waals surface area contributed by atoms with Crippen LogP contribution in [0.5, 0.6) is 0 Å². The van der Waals surface area contributed by atoms with Gasteiger partial charge in [-0.3, -0.25) is 5.10 Å². The van der Waals surface area contributed by atoms with Gasteiger partial charge in [0.25, 0.3) is 0 Å². The third kappa shape index (κ3) is 3.09. The molecule has 1 fully saturated rings. The summed E-state index contributed by atoms with van der Waals surface area (Å²) in [6, 6.07) is 9.42. The number of nitrogens with one attached hydrogen (secondary N) is 1. The topological polar surface area (TPSA) is 41.6 Å². The molecule has 1 aromatic carbocycles. The summed E-state index contributed by atoms with van der Waals surface area (Å²) >= 11 is 0. The predicted octanol–water partition coefficient (Wildman–Crippen LogP) is 4.31. The average Bonchev–Trinajstić information content (AvgIpc) is 2.97. The van der Waals surface area contributed by atoms with Crippen LogP contribution < -0.4 is 0 Å². The van der Waals surface area contributed by atoms with Crippen LogP contribution >= 0.6 is 0 Å². The van der Waals surface area contributed by atoms with Crippen LogP contribution in [0.4, 0.5) is 13.2 Å². The number of rotatable bonds is 2. The zero-order chi connectivity index (χ0) is 14.9. The van der Waals surface area contributed by atoms with E-state index >= 15 is 0 Å². The van der Waals surface area contributed by atoms with Crippen LogP contribution in [0.15, 0.2) is 30.3 Å². The van der Waals surface area contributed by atoms with Crippen molar-refractivity contribution in [1.29, 1.82) is 0 Å². The second-order valence-corrected chi connectivity index (χ2v) is 5.51. The fourth-order valence-electron chi connectivity index (χ4n) is 2.91. The monoisotopic (exact) mass is 295 g/mol. The largest absolute Gasteiger partial charge is 0.391 e. The maximum Gasteiger partial charge on any atom is 0.391 e. The Morgan fingerprint density at radius 1 is 1.10 bits per heavy atom. The van der Waals surface area contributed by atoms with E-state index in [0.29, 0.717) is 18.1 Å². The molecule has 1 saturated carbocycles. The van der Waals surface area contributed by atoms with Gasteiger partial charge in [0, 0.05) is 11.5 Å². The normalized spacial score (nSPS) is 23.2. The van der Waals surface area contributed by atoms with Crippen molar-refractivity contribution in [2.75, 3.05) is 0 Å². The molecule has 2 aromatic rings. The molecule has 112 valence electrons. The molecule has 0 saturated heterocycles. The van der Waals surface area contributed by atoms with Crippen LogP contribution in [0.2, 0.25) is 0 Å². The first-order valence-electron chi connectivity index (χ1n) is 7.08. The first-order valence-corrected chi connectivity index (χ1v) is 7.08. The maximum atomic E-state index is 12.9. The van der Waals surface area contributed by atoms with E-state index in [1.54, 1.807) is 0 Å². The number of hydrogen-bond donors (Lipinski definition) is 1. The van der Waals surface area contributed by atoms with Crippen molar-refractivity contribution in [3.63, 3.8) is 0 Å². The molecule has 1 aromatic heterocycles. The molecule has 0 amide bonds. The predicted molar refractivity (Wildman–Crippen MR) is 72.6 cm³/mol. The molecule has 0 radical (unpaired) electrons. The van der Waals surface area contributed by atoms with Gasteiger partial charge in [-0.1, -0.05) is 36.8 Å². The van der Waals surface area contributed by atoms with E-state index in [9.17, 15) is 13.2 Å². The first kappa shape index (κ1) is 14.1. The van der Waals surface area contributed by atoms with E-state index in [1.165, 1.54) is 0 Å². The third-order valence-electron chi connectivity index (χ3n) is 4.06. The van der Waals surface area contributed by atoms with Gasteiger partial charge in [0.2, 0.25) is 0 Å². The molecule has 1 aliphatic rings. The van der Waals surface area contributed by atoms with E-state index < -0.39 is 12.1 Å². The van der Waals surface area contributed by atoms with E-state index in [0.717, 1.165) is 12.0 Å². The zero-order valence-corrected chi connectivity index (χ0v) is 11.4. The van der Waals surface area contributed by atoms with Gasteiger partial charge in [0.1, 0.15) is 5.82 Å². The molecule has 2 unspecified atom stereocenters. The SMILES string of the molecule is FC(F)(F)C1CCCC(c2nc(-c3ccccc3)n[nH]2)C1. The smallest absolute Gasteiger partial charge is 0.262 e. The zero-order valence-electron chi connectivity index (χ0n) is 11.4. The Labute approximate surface area is 120 Å². The number of H-pyrrole nitrogens is 1. The Morgan fingerprint density at radius 2 is 1.86 bits per heavy atom. The van der Waals surface area contributed by atoms with E-state index in [1.807, 2.05) is 30.3 Å². The van der Waals surface area contributed by atoms with E-state index in [4.69, 9.17) is 0 Å². The van der Waals surface area contributed by atoms with Gasteiger partial charge >= 0.3 is 6.18 Å². The van der Waals surface area contributed by atoms with E-state index in [-0.39, 0.29) is 18.8 Å². The maximum absolute atomic E-state index is 12.9. The molecule has 0 bridgehead atoms. The molecule has 1 heterocycles. The summed E-state index contributed by atoms with van der Waals surface area (Å²) in [6.45, 7) is 0. The average molecular weight is 295 g/mol. The van der Waals surface area contributed by atoms with Crippen molar-refractivity contribution >= 4 is 0 Å². The molecule has 2 atom stereocenters. The molecule has 3 rings (SSSR count). The van der Waals surface area contributed by atoms with Gasteiger partial charge in [-0.15, -0.1) is 0 Å². The van der Waals surface area contributed by atoms with Crippen LogP contribution in [-0.2, 0) is 0 Å². The molecule has 0 aliphatic heterocycles. The minimum atomic E-state index is -4.11. The summed E-state index contributed by atoms with van der Waals surface area (Å²) < 4.78 is 38.6. The fourth-order valence-corrected chi connectivity index (χ4v) is 2.91. The van der Waals surface area contributed by atoms with E-state index in [2.05, 4.69) is 15.2 Å². The molecular weight excluding hydrogens is 279 g/mol. The highest BCUT2D eigenvalue weighted by Gasteiger charge is 2.43. The highest BCUT2D eigenvalue weighted by atomic mass is 19.4. The molecule has 6 heteroatoms. The Kier molecular flexibility index (Phi) is 3.69. The van der Waals surface area contributed by atoms with Crippen molar-refractivity contribution in [2.24, 2.45) is 5.92 Å². The van der Waals surface area contributed by atoms with Crippen molar-refractivity contribution < 1.29 is 13.2 Å². The summed E-state index contributed by atoms with van der Waals surface area (Å²) in [5.74, 6) is -0.292. The highest BCUT2D eigenvalue weighted by molar-refractivity contribution is 5.53. The molecular formula is C15H16F3N3. The van der Waals surface area contributed by atoms with Gasteiger partial charge in [0.05, 0.1) is 5.92 Å². The summed E-state index contributed by atoms with van der Waals surface area (Å²) in [4.78, 5) is 4.39. The summed E-state index contributed by atoms with van der Waals surface area (Å²) in [7, 11) is 0. The number of alkyl halides is 3. The Hall–Kier alpha value is -1.85. The standard InChI is InChI=1S/C15H16F3N3/c16-15(17,18)12-8-4-7-11(9-12)14-19-13(20-21-14)10-5-2-1-3-6-10/h1-3,5-6,11-12H,4,7-9H2,(H,19,20,21). The van der Waals surface area contributed by atoms with Crippen LogP contribution in [-0.4, -0.2) is 21.4 Å². The van der Waals surface area contributed by atoms with Gasteiger partial charge in [-0.05, 0) is 19.3 Å². The second-order valence-electron chi connectivity index (χ2n) is 5.51. The minimum Gasteiger partial charge on any atom is -0.262 e. The minimum absolute atomic E-state index is 0.104. The molecule has 0 spiro atoms. The molecule has 21 heavy (non-hydrogen) atoms. The number of aromatic nitrogens is 3. The Morgan fingerprint density at radius 3 is 2.57 bits per heavy atom. The van der Waals surface area contributed by atoms with Gasteiger partial charge in [-0.25, -0.2) is 4.98 Å². The molecule has 1 aliphatic carbocycles. The van der Waals surface area contributed by atoms with Crippen molar-refractivity contribution in [1.82, 2.24) is 15.2 Å².